The van der Waals surface area contributed by atoms with Crippen LogP contribution in [0, 0.1) is 22.5 Å². The number of nitrogens with zero attached hydrogens (tertiary/aromatic N) is 1. The molecule has 1 aromatic carbocycles. The SMILES string of the molecule is Cc1ccc(CNCCC(C)(C)C)cc1[N+](=O)[O-]. The highest BCUT2D eigenvalue weighted by Gasteiger charge is 2.11. The average molecular weight is 250 g/mol. The van der Waals surface area contributed by atoms with Crippen LogP contribution in [0.1, 0.15) is 38.3 Å². The van der Waals surface area contributed by atoms with Gasteiger partial charge in [0.15, 0.2) is 0 Å². The smallest absolute Gasteiger partial charge is 0.272 e. The van der Waals surface area contributed by atoms with Crippen LogP contribution in [0.25, 0.3) is 0 Å². The van der Waals surface area contributed by atoms with Crippen molar-refractivity contribution in [2.24, 2.45) is 5.41 Å². The van der Waals surface area contributed by atoms with Gasteiger partial charge in [0.05, 0.1) is 4.92 Å². The summed E-state index contributed by atoms with van der Waals surface area (Å²) in [5.74, 6) is 0. The van der Waals surface area contributed by atoms with Crippen molar-refractivity contribution in [2.45, 2.75) is 40.7 Å². The van der Waals surface area contributed by atoms with Gasteiger partial charge in [-0.05, 0) is 30.9 Å². The summed E-state index contributed by atoms with van der Waals surface area (Å²) < 4.78 is 0. The number of hydrogen-bond donors (Lipinski definition) is 1. The lowest BCUT2D eigenvalue weighted by Crippen LogP contribution is -2.20. The molecule has 1 rings (SSSR count). The summed E-state index contributed by atoms with van der Waals surface area (Å²) in [6.07, 6.45) is 1.08. The van der Waals surface area contributed by atoms with E-state index in [2.05, 4.69) is 26.1 Å². The molecule has 1 aromatic rings. The van der Waals surface area contributed by atoms with E-state index in [9.17, 15) is 10.1 Å². The molecule has 1 N–H and O–H groups in total. The molecule has 0 aliphatic rings. The molecule has 100 valence electrons. The van der Waals surface area contributed by atoms with Crippen LogP contribution in [-0.4, -0.2) is 11.5 Å². The minimum Gasteiger partial charge on any atom is -0.313 e. The van der Waals surface area contributed by atoms with Crippen LogP contribution in [0.15, 0.2) is 18.2 Å². The second-order valence-corrected chi connectivity index (χ2v) is 5.87. The molecule has 4 heteroatoms. The topological polar surface area (TPSA) is 55.2 Å². The van der Waals surface area contributed by atoms with E-state index in [1.54, 1.807) is 19.1 Å². The normalized spacial score (nSPS) is 11.6. The van der Waals surface area contributed by atoms with Crippen molar-refractivity contribution in [3.63, 3.8) is 0 Å². The second-order valence-electron chi connectivity index (χ2n) is 5.87. The van der Waals surface area contributed by atoms with Crippen LogP contribution in [0.2, 0.25) is 0 Å². The third kappa shape index (κ3) is 4.84. The summed E-state index contributed by atoms with van der Waals surface area (Å²) in [4.78, 5) is 10.5. The Morgan fingerprint density at radius 2 is 2.00 bits per heavy atom. The number of rotatable bonds is 5. The number of benzene rings is 1. The zero-order chi connectivity index (χ0) is 13.8. The van der Waals surface area contributed by atoms with E-state index in [1.165, 1.54) is 0 Å². The van der Waals surface area contributed by atoms with E-state index in [-0.39, 0.29) is 10.6 Å². The molecule has 0 aliphatic heterocycles. The van der Waals surface area contributed by atoms with Crippen molar-refractivity contribution in [3.8, 4) is 0 Å². The first-order chi connectivity index (χ1) is 8.29. The zero-order valence-corrected chi connectivity index (χ0v) is 11.6. The standard InChI is InChI=1S/C14H22N2O2/c1-11-5-6-12(9-13(11)16(17)18)10-15-8-7-14(2,3)4/h5-6,9,15H,7-8,10H2,1-4H3. The maximum Gasteiger partial charge on any atom is 0.272 e. The Balaban J connectivity index is 2.53. The molecule has 0 aliphatic carbocycles. The van der Waals surface area contributed by atoms with Crippen molar-refractivity contribution < 1.29 is 4.92 Å². The minimum atomic E-state index is -0.325. The van der Waals surface area contributed by atoms with Gasteiger partial charge in [-0.1, -0.05) is 32.9 Å². The fourth-order valence-electron chi connectivity index (χ4n) is 1.66. The molecule has 0 spiro atoms. The maximum absolute atomic E-state index is 10.8. The molecule has 0 amide bonds. The predicted octanol–water partition coefficient (Wildman–Crippen LogP) is 3.43. The number of nitro benzene ring substituents is 1. The van der Waals surface area contributed by atoms with Gasteiger partial charge >= 0.3 is 0 Å². The number of nitro groups is 1. The second kappa shape index (κ2) is 5.96. The first-order valence-electron chi connectivity index (χ1n) is 6.24. The molecule has 18 heavy (non-hydrogen) atoms. The monoisotopic (exact) mass is 250 g/mol. The van der Waals surface area contributed by atoms with Crippen molar-refractivity contribution >= 4 is 5.69 Å². The Bertz CT molecular complexity index is 422. The maximum atomic E-state index is 10.8. The fourth-order valence-corrected chi connectivity index (χ4v) is 1.66. The third-order valence-corrected chi connectivity index (χ3v) is 2.85. The van der Waals surface area contributed by atoms with Crippen molar-refractivity contribution in [2.75, 3.05) is 6.54 Å². The molecule has 0 saturated carbocycles. The van der Waals surface area contributed by atoms with Gasteiger partial charge in [-0.3, -0.25) is 10.1 Å². The predicted molar refractivity (Wildman–Crippen MR) is 73.6 cm³/mol. The van der Waals surface area contributed by atoms with Gasteiger partial charge in [-0.15, -0.1) is 0 Å². The molecule has 0 atom stereocenters. The first kappa shape index (κ1) is 14.6. The first-order valence-corrected chi connectivity index (χ1v) is 6.24. The molecule has 4 nitrogen and oxygen atoms in total. The Morgan fingerprint density at radius 3 is 2.56 bits per heavy atom. The Hall–Kier alpha value is -1.42. The van der Waals surface area contributed by atoms with Crippen LogP contribution in [0.5, 0.6) is 0 Å². The minimum absolute atomic E-state index is 0.199. The van der Waals surface area contributed by atoms with Crippen LogP contribution in [-0.2, 0) is 6.54 Å². The highest BCUT2D eigenvalue weighted by molar-refractivity contribution is 5.42. The lowest BCUT2D eigenvalue weighted by Gasteiger charge is -2.18. The Morgan fingerprint density at radius 1 is 1.33 bits per heavy atom. The zero-order valence-electron chi connectivity index (χ0n) is 11.6. The quantitative estimate of drug-likeness (QED) is 0.495. The molecule has 0 unspecified atom stereocenters. The molecule has 0 aromatic heterocycles. The molecule has 0 saturated heterocycles. The summed E-state index contributed by atoms with van der Waals surface area (Å²) in [6.45, 7) is 9.96. The molecule has 0 bridgehead atoms. The van der Waals surface area contributed by atoms with Crippen LogP contribution < -0.4 is 5.32 Å². The molecule has 0 heterocycles. The van der Waals surface area contributed by atoms with Crippen LogP contribution >= 0.6 is 0 Å². The van der Waals surface area contributed by atoms with E-state index in [1.807, 2.05) is 6.07 Å². The van der Waals surface area contributed by atoms with Gasteiger partial charge in [0, 0.05) is 18.2 Å². The van der Waals surface area contributed by atoms with Gasteiger partial charge in [-0.25, -0.2) is 0 Å². The van der Waals surface area contributed by atoms with Gasteiger partial charge in [0.25, 0.3) is 5.69 Å². The molecule has 0 fully saturated rings. The summed E-state index contributed by atoms with van der Waals surface area (Å²) in [7, 11) is 0. The van der Waals surface area contributed by atoms with Gasteiger partial charge in [-0.2, -0.15) is 0 Å². The van der Waals surface area contributed by atoms with E-state index in [4.69, 9.17) is 0 Å². The average Bonchev–Trinajstić information content (AvgIpc) is 2.24. The Kier molecular flexibility index (Phi) is 4.84. The van der Waals surface area contributed by atoms with Crippen LogP contribution in [0.4, 0.5) is 5.69 Å². The van der Waals surface area contributed by atoms with E-state index in [0.717, 1.165) is 18.5 Å². The lowest BCUT2D eigenvalue weighted by molar-refractivity contribution is -0.385. The number of hydrogen-bond acceptors (Lipinski definition) is 3. The van der Waals surface area contributed by atoms with Gasteiger partial charge in [0.1, 0.15) is 0 Å². The highest BCUT2D eigenvalue weighted by atomic mass is 16.6. The summed E-state index contributed by atoms with van der Waals surface area (Å²) >= 11 is 0. The summed E-state index contributed by atoms with van der Waals surface area (Å²) in [6, 6.07) is 5.39. The fraction of sp³-hybridized carbons (Fsp3) is 0.571. The van der Waals surface area contributed by atoms with Crippen molar-refractivity contribution in [1.82, 2.24) is 5.32 Å². The molecular weight excluding hydrogens is 228 g/mol. The van der Waals surface area contributed by atoms with Crippen molar-refractivity contribution in [3.05, 3.63) is 39.4 Å². The third-order valence-electron chi connectivity index (χ3n) is 2.85. The summed E-state index contributed by atoms with van der Waals surface area (Å²) in [5.41, 5.74) is 2.18. The lowest BCUT2D eigenvalue weighted by atomic mass is 9.92. The van der Waals surface area contributed by atoms with Gasteiger partial charge < -0.3 is 5.32 Å². The van der Waals surface area contributed by atoms with E-state index in [0.29, 0.717) is 17.5 Å². The molecule has 0 radical (unpaired) electrons. The van der Waals surface area contributed by atoms with Crippen LogP contribution in [0.3, 0.4) is 0 Å². The number of aryl methyl sites for hydroxylation is 1. The van der Waals surface area contributed by atoms with Gasteiger partial charge in [0.2, 0.25) is 0 Å². The summed E-state index contributed by atoms with van der Waals surface area (Å²) in [5, 5.41) is 14.1. The van der Waals surface area contributed by atoms with E-state index < -0.39 is 0 Å². The molecular formula is C14H22N2O2. The largest absolute Gasteiger partial charge is 0.313 e. The number of nitrogens with one attached hydrogen (secondary N) is 1. The van der Waals surface area contributed by atoms with E-state index >= 15 is 0 Å². The van der Waals surface area contributed by atoms with Crippen molar-refractivity contribution in [1.29, 1.82) is 0 Å². The highest BCUT2D eigenvalue weighted by Crippen LogP contribution is 2.20. The Labute approximate surface area is 109 Å².